The number of aromatic nitrogens is 1. The molecule has 0 aliphatic carbocycles. The van der Waals surface area contributed by atoms with Crippen molar-refractivity contribution >= 4 is 55.7 Å². The molecule has 30 heavy (non-hydrogen) atoms. The van der Waals surface area contributed by atoms with Crippen molar-refractivity contribution in [1.82, 2.24) is 10.3 Å². The highest BCUT2D eigenvalue weighted by Gasteiger charge is 2.24. The maximum absolute atomic E-state index is 14.2. The Morgan fingerprint density at radius 1 is 1.13 bits per heavy atom. The molecule has 2 aromatic heterocycles. The lowest BCUT2D eigenvalue weighted by atomic mass is 10.0. The molecule has 4 rings (SSSR count). The number of anilines is 1. The van der Waals surface area contributed by atoms with E-state index in [1.54, 1.807) is 23.6 Å². The number of rotatable bonds is 6. The molecular formula is C22H17BrFN3O2S. The summed E-state index contributed by atoms with van der Waals surface area (Å²) in [6.07, 6.45) is 2.08. The van der Waals surface area contributed by atoms with Gasteiger partial charge in [-0.05, 0) is 41.3 Å². The van der Waals surface area contributed by atoms with Gasteiger partial charge in [-0.25, -0.2) is 4.39 Å². The first-order valence-corrected chi connectivity index (χ1v) is 10.8. The van der Waals surface area contributed by atoms with Crippen LogP contribution < -0.4 is 10.6 Å². The fourth-order valence-electron chi connectivity index (χ4n) is 3.18. The summed E-state index contributed by atoms with van der Waals surface area (Å²) in [6, 6.07) is 14.7. The Kier molecular flexibility index (Phi) is 5.96. The van der Waals surface area contributed by atoms with E-state index < -0.39 is 17.8 Å². The highest BCUT2D eigenvalue weighted by Crippen LogP contribution is 2.22. The van der Waals surface area contributed by atoms with E-state index in [9.17, 15) is 14.0 Å². The van der Waals surface area contributed by atoms with Gasteiger partial charge >= 0.3 is 0 Å². The number of benzene rings is 2. The summed E-state index contributed by atoms with van der Waals surface area (Å²) < 4.78 is 14.8. The third-order valence-electron chi connectivity index (χ3n) is 4.65. The standard InChI is InChI=1S/C22H17BrFN3O2S/c23-14-7-8-18(16(24)11-14)26-21(28)19(27-22(29)20-6-3-9-30-20)10-13-12-25-17-5-2-1-4-15(13)17/h1-9,11-12,19,25H,10H2,(H,26,28)(H,27,29)/t19-/m1/s1. The largest absolute Gasteiger partial charge is 0.361 e. The number of hydrogen-bond acceptors (Lipinski definition) is 3. The minimum Gasteiger partial charge on any atom is -0.361 e. The molecule has 5 nitrogen and oxygen atoms in total. The Labute approximate surface area is 184 Å². The van der Waals surface area contributed by atoms with Crippen LogP contribution in [0.5, 0.6) is 0 Å². The molecule has 8 heteroatoms. The molecule has 0 spiro atoms. The molecule has 0 bridgehead atoms. The van der Waals surface area contributed by atoms with Crippen molar-refractivity contribution in [2.45, 2.75) is 12.5 Å². The second-order valence-electron chi connectivity index (χ2n) is 6.68. The number of thiophene rings is 1. The SMILES string of the molecule is O=C(N[C@H](Cc1c[nH]c2ccccc12)C(=O)Nc1ccc(Br)cc1F)c1cccs1. The normalized spacial score (nSPS) is 11.9. The van der Waals surface area contributed by atoms with Crippen molar-refractivity contribution < 1.29 is 14.0 Å². The third kappa shape index (κ3) is 4.44. The topological polar surface area (TPSA) is 74.0 Å². The van der Waals surface area contributed by atoms with Gasteiger partial charge in [0.1, 0.15) is 11.9 Å². The fraction of sp³-hybridized carbons (Fsp3) is 0.0909. The molecule has 0 fully saturated rings. The van der Waals surface area contributed by atoms with E-state index in [1.165, 1.54) is 23.5 Å². The second kappa shape index (κ2) is 8.81. The van der Waals surface area contributed by atoms with Crippen LogP contribution in [-0.4, -0.2) is 22.8 Å². The van der Waals surface area contributed by atoms with Crippen LogP contribution in [0.15, 0.2) is 70.6 Å². The number of halogens is 2. The van der Waals surface area contributed by atoms with Gasteiger partial charge in [-0.15, -0.1) is 11.3 Å². The maximum atomic E-state index is 14.2. The zero-order valence-electron chi connectivity index (χ0n) is 15.6. The first kappa shape index (κ1) is 20.3. The zero-order valence-corrected chi connectivity index (χ0v) is 18.0. The Morgan fingerprint density at radius 3 is 2.73 bits per heavy atom. The van der Waals surface area contributed by atoms with Crippen LogP contribution in [0.3, 0.4) is 0 Å². The molecule has 0 saturated carbocycles. The lowest BCUT2D eigenvalue weighted by Crippen LogP contribution is -2.45. The number of hydrogen-bond donors (Lipinski definition) is 3. The molecule has 2 heterocycles. The van der Waals surface area contributed by atoms with Crippen molar-refractivity contribution in [3.05, 3.63) is 86.9 Å². The first-order chi connectivity index (χ1) is 14.5. The Balaban J connectivity index is 1.60. The van der Waals surface area contributed by atoms with Gasteiger partial charge in [0.25, 0.3) is 5.91 Å². The van der Waals surface area contributed by atoms with Crippen molar-refractivity contribution in [3.63, 3.8) is 0 Å². The lowest BCUT2D eigenvalue weighted by molar-refractivity contribution is -0.118. The smallest absolute Gasteiger partial charge is 0.262 e. The van der Waals surface area contributed by atoms with Crippen molar-refractivity contribution in [2.24, 2.45) is 0 Å². The van der Waals surface area contributed by atoms with Crippen LogP contribution in [0.2, 0.25) is 0 Å². The van der Waals surface area contributed by atoms with Crippen LogP contribution in [0, 0.1) is 5.82 Å². The van der Waals surface area contributed by atoms with Crippen LogP contribution in [-0.2, 0) is 11.2 Å². The molecule has 0 saturated heterocycles. The Bertz CT molecular complexity index is 1210. The van der Waals surface area contributed by atoms with Gasteiger partial charge in [-0.1, -0.05) is 40.2 Å². The van der Waals surface area contributed by atoms with Gasteiger partial charge in [0.15, 0.2) is 0 Å². The molecule has 2 amide bonds. The number of carbonyl (C=O) groups excluding carboxylic acids is 2. The summed E-state index contributed by atoms with van der Waals surface area (Å²) in [5, 5.41) is 8.14. The fourth-order valence-corrected chi connectivity index (χ4v) is 4.14. The molecule has 0 aliphatic heterocycles. The summed E-state index contributed by atoms with van der Waals surface area (Å²) in [7, 11) is 0. The minimum absolute atomic E-state index is 0.0532. The summed E-state index contributed by atoms with van der Waals surface area (Å²) >= 11 is 4.49. The molecular weight excluding hydrogens is 469 g/mol. The van der Waals surface area contributed by atoms with Gasteiger partial charge < -0.3 is 15.6 Å². The molecule has 0 radical (unpaired) electrons. The van der Waals surface area contributed by atoms with Gasteiger partial charge in [0.2, 0.25) is 5.91 Å². The molecule has 3 N–H and O–H groups in total. The number of fused-ring (bicyclic) bond motifs is 1. The highest BCUT2D eigenvalue weighted by molar-refractivity contribution is 9.10. The predicted molar refractivity (Wildman–Crippen MR) is 120 cm³/mol. The van der Waals surface area contributed by atoms with E-state index in [0.717, 1.165) is 16.5 Å². The van der Waals surface area contributed by atoms with Crippen LogP contribution >= 0.6 is 27.3 Å². The maximum Gasteiger partial charge on any atom is 0.262 e. The summed E-state index contributed by atoms with van der Waals surface area (Å²) in [5.41, 5.74) is 1.88. The minimum atomic E-state index is -0.887. The van der Waals surface area contributed by atoms with E-state index in [0.29, 0.717) is 9.35 Å². The van der Waals surface area contributed by atoms with E-state index in [2.05, 4.69) is 31.5 Å². The number of H-pyrrole nitrogens is 1. The van der Waals surface area contributed by atoms with E-state index in [-0.39, 0.29) is 18.0 Å². The first-order valence-electron chi connectivity index (χ1n) is 9.16. The van der Waals surface area contributed by atoms with Crippen LogP contribution in [0.1, 0.15) is 15.2 Å². The molecule has 152 valence electrons. The molecule has 0 unspecified atom stereocenters. The average molecular weight is 486 g/mol. The number of amides is 2. The average Bonchev–Trinajstić information content (AvgIpc) is 3.40. The van der Waals surface area contributed by atoms with Gasteiger partial charge in [-0.2, -0.15) is 0 Å². The predicted octanol–water partition coefficient (Wildman–Crippen LogP) is 5.11. The van der Waals surface area contributed by atoms with E-state index in [4.69, 9.17) is 0 Å². The zero-order chi connectivity index (χ0) is 21.1. The van der Waals surface area contributed by atoms with E-state index in [1.807, 2.05) is 30.5 Å². The summed E-state index contributed by atoms with van der Waals surface area (Å²) in [6.45, 7) is 0. The van der Waals surface area contributed by atoms with Crippen molar-refractivity contribution in [1.29, 1.82) is 0 Å². The molecule has 2 aromatic carbocycles. The van der Waals surface area contributed by atoms with Crippen LogP contribution in [0.25, 0.3) is 10.9 Å². The van der Waals surface area contributed by atoms with E-state index >= 15 is 0 Å². The van der Waals surface area contributed by atoms with Gasteiger partial charge in [0, 0.05) is 28.0 Å². The second-order valence-corrected chi connectivity index (χ2v) is 8.54. The van der Waals surface area contributed by atoms with Crippen molar-refractivity contribution in [2.75, 3.05) is 5.32 Å². The third-order valence-corrected chi connectivity index (χ3v) is 6.02. The quantitative estimate of drug-likeness (QED) is 0.355. The number of aromatic amines is 1. The highest BCUT2D eigenvalue weighted by atomic mass is 79.9. The van der Waals surface area contributed by atoms with Crippen molar-refractivity contribution in [3.8, 4) is 0 Å². The van der Waals surface area contributed by atoms with Crippen LogP contribution in [0.4, 0.5) is 10.1 Å². The molecule has 4 aromatic rings. The Morgan fingerprint density at radius 2 is 1.97 bits per heavy atom. The summed E-state index contributed by atoms with van der Waals surface area (Å²) in [5.74, 6) is -1.40. The van der Waals surface area contributed by atoms with Gasteiger partial charge in [0.05, 0.1) is 10.6 Å². The molecule has 0 aliphatic rings. The number of para-hydroxylation sites is 1. The Hall–Kier alpha value is -2.97. The molecule has 1 atom stereocenters. The van der Waals surface area contributed by atoms with Gasteiger partial charge in [-0.3, -0.25) is 9.59 Å². The number of carbonyl (C=O) groups is 2. The number of nitrogens with one attached hydrogen (secondary N) is 3. The monoisotopic (exact) mass is 485 g/mol. The lowest BCUT2D eigenvalue weighted by Gasteiger charge is -2.18. The summed E-state index contributed by atoms with van der Waals surface area (Å²) in [4.78, 5) is 29.3.